The molecule has 1 aromatic carbocycles. The third-order valence-corrected chi connectivity index (χ3v) is 2.82. The summed E-state index contributed by atoms with van der Waals surface area (Å²) >= 11 is 0. The van der Waals surface area contributed by atoms with Crippen LogP contribution in [-0.4, -0.2) is 12.2 Å². The van der Waals surface area contributed by atoms with Crippen LogP contribution in [0.25, 0.3) is 0 Å². The first kappa shape index (κ1) is 13.6. The molecule has 0 saturated carbocycles. The SMILES string of the molecule is COc1cc(C(C=C(C)C)C(C)C)ccc1O. The summed E-state index contributed by atoms with van der Waals surface area (Å²) in [4.78, 5) is 0. The fraction of sp³-hybridized carbons (Fsp3) is 0.467. The summed E-state index contributed by atoms with van der Waals surface area (Å²) in [5.74, 6) is 1.60. The van der Waals surface area contributed by atoms with E-state index in [2.05, 4.69) is 33.8 Å². The lowest BCUT2D eigenvalue weighted by molar-refractivity contribution is 0.372. The second kappa shape index (κ2) is 5.76. The standard InChI is InChI=1S/C15H22O2/c1-10(2)8-13(11(3)4)12-6-7-14(16)15(9-12)17-5/h6-9,11,13,16H,1-5H3. The lowest BCUT2D eigenvalue weighted by Gasteiger charge is -2.19. The Labute approximate surface area is 104 Å². The Balaban J connectivity index is 3.15. The van der Waals surface area contributed by atoms with Gasteiger partial charge in [-0.2, -0.15) is 0 Å². The number of methoxy groups -OCH3 is 1. The third-order valence-electron chi connectivity index (χ3n) is 2.82. The first-order valence-electron chi connectivity index (χ1n) is 5.97. The van der Waals surface area contributed by atoms with Gasteiger partial charge in [0.05, 0.1) is 7.11 Å². The van der Waals surface area contributed by atoms with Crippen LogP contribution < -0.4 is 4.74 Å². The van der Waals surface area contributed by atoms with Crippen LogP contribution in [0.1, 0.15) is 39.2 Å². The van der Waals surface area contributed by atoms with E-state index in [0.717, 1.165) is 0 Å². The van der Waals surface area contributed by atoms with Crippen molar-refractivity contribution in [1.82, 2.24) is 0 Å². The zero-order valence-electron chi connectivity index (χ0n) is 11.3. The highest BCUT2D eigenvalue weighted by molar-refractivity contribution is 5.44. The average Bonchev–Trinajstić information content (AvgIpc) is 2.26. The quantitative estimate of drug-likeness (QED) is 0.794. The molecule has 1 aromatic rings. The summed E-state index contributed by atoms with van der Waals surface area (Å²) in [6.45, 7) is 8.60. The predicted molar refractivity (Wildman–Crippen MR) is 71.7 cm³/mol. The topological polar surface area (TPSA) is 29.5 Å². The van der Waals surface area contributed by atoms with E-state index in [9.17, 15) is 5.11 Å². The van der Waals surface area contributed by atoms with Crippen molar-refractivity contribution in [3.05, 3.63) is 35.4 Å². The van der Waals surface area contributed by atoms with E-state index in [1.165, 1.54) is 11.1 Å². The molecule has 0 aliphatic carbocycles. The fourth-order valence-electron chi connectivity index (χ4n) is 1.93. The lowest BCUT2D eigenvalue weighted by Crippen LogP contribution is -2.04. The Bertz CT molecular complexity index is 401. The van der Waals surface area contributed by atoms with Gasteiger partial charge in [0.1, 0.15) is 0 Å². The van der Waals surface area contributed by atoms with Crippen LogP contribution in [0.15, 0.2) is 29.8 Å². The largest absolute Gasteiger partial charge is 0.504 e. The predicted octanol–water partition coefficient (Wildman–Crippen LogP) is 4.11. The molecule has 1 atom stereocenters. The molecule has 0 bridgehead atoms. The molecule has 1 unspecified atom stereocenters. The molecule has 0 aliphatic rings. The van der Waals surface area contributed by atoms with Gasteiger partial charge in [0.15, 0.2) is 11.5 Å². The van der Waals surface area contributed by atoms with E-state index >= 15 is 0 Å². The molecule has 0 radical (unpaired) electrons. The number of aromatic hydroxyl groups is 1. The van der Waals surface area contributed by atoms with Crippen molar-refractivity contribution in [3.8, 4) is 11.5 Å². The number of hydrogen-bond donors (Lipinski definition) is 1. The molecular formula is C15H22O2. The number of rotatable bonds is 4. The highest BCUT2D eigenvalue weighted by atomic mass is 16.5. The van der Waals surface area contributed by atoms with Crippen molar-refractivity contribution in [3.63, 3.8) is 0 Å². The summed E-state index contributed by atoms with van der Waals surface area (Å²) in [6, 6.07) is 5.57. The Morgan fingerprint density at radius 3 is 2.41 bits per heavy atom. The monoisotopic (exact) mass is 234 g/mol. The summed E-state index contributed by atoms with van der Waals surface area (Å²) in [6.07, 6.45) is 2.26. The third kappa shape index (κ3) is 3.52. The van der Waals surface area contributed by atoms with Gasteiger partial charge in [0.25, 0.3) is 0 Å². The van der Waals surface area contributed by atoms with E-state index in [1.54, 1.807) is 13.2 Å². The van der Waals surface area contributed by atoms with Crippen molar-refractivity contribution in [2.24, 2.45) is 5.92 Å². The molecule has 0 fully saturated rings. The number of benzene rings is 1. The Morgan fingerprint density at radius 1 is 1.29 bits per heavy atom. The molecule has 17 heavy (non-hydrogen) atoms. The second-order valence-corrected chi connectivity index (χ2v) is 4.95. The number of phenols is 1. The van der Waals surface area contributed by atoms with Crippen molar-refractivity contribution >= 4 is 0 Å². The zero-order chi connectivity index (χ0) is 13.0. The summed E-state index contributed by atoms with van der Waals surface area (Å²) in [5, 5.41) is 9.60. The van der Waals surface area contributed by atoms with Gasteiger partial charge in [-0.1, -0.05) is 31.6 Å². The van der Waals surface area contributed by atoms with E-state index in [0.29, 0.717) is 17.6 Å². The molecule has 2 nitrogen and oxygen atoms in total. The smallest absolute Gasteiger partial charge is 0.160 e. The minimum absolute atomic E-state index is 0.191. The Morgan fingerprint density at radius 2 is 1.94 bits per heavy atom. The molecule has 0 amide bonds. The maximum Gasteiger partial charge on any atom is 0.160 e. The van der Waals surface area contributed by atoms with Crippen LogP contribution in [0, 0.1) is 5.92 Å². The number of phenolic OH excluding ortho intramolecular Hbond substituents is 1. The normalized spacial score (nSPS) is 12.4. The van der Waals surface area contributed by atoms with Crippen molar-refractivity contribution in [2.45, 2.75) is 33.6 Å². The molecule has 0 saturated heterocycles. The van der Waals surface area contributed by atoms with Crippen LogP contribution in [-0.2, 0) is 0 Å². The molecule has 2 heteroatoms. The summed E-state index contributed by atoms with van der Waals surface area (Å²) < 4.78 is 5.15. The van der Waals surface area contributed by atoms with Gasteiger partial charge in [0.2, 0.25) is 0 Å². The first-order chi connectivity index (χ1) is 7.95. The van der Waals surface area contributed by atoms with Crippen LogP contribution in [0.3, 0.4) is 0 Å². The number of allylic oxidation sites excluding steroid dienone is 2. The lowest BCUT2D eigenvalue weighted by atomic mass is 9.87. The maximum absolute atomic E-state index is 9.60. The molecule has 1 N–H and O–H groups in total. The van der Waals surface area contributed by atoms with Crippen LogP contribution in [0.4, 0.5) is 0 Å². The van der Waals surface area contributed by atoms with Crippen LogP contribution in [0.5, 0.6) is 11.5 Å². The maximum atomic E-state index is 9.60. The molecule has 1 rings (SSSR count). The highest BCUT2D eigenvalue weighted by Gasteiger charge is 2.15. The minimum atomic E-state index is 0.191. The van der Waals surface area contributed by atoms with Gasteiger partial charge in [-0.3, -0.25) is 0 Å². The molecule has 94 valence electrons. The van der Waals surface area contributed by atoms with E-state index in [1.807, 2.05) is 12.1 Å². The van der Waals surface area contributed by atoms with E-state index in [4.69, 9.17) is 4.74 Å². The van der Waals surface area contributed by atoms with Crippen molar-refractivity contribution in [1.29, 1.82) is 0 Å². The Kier molecular flexibility index (Phi) is 4.62. The second-order valence-electron chi connectivity index (χ2n) is 4.95. The summed E-state index contributed by atoms with van der Waals surface area (Å²) in [5.41, 5.74) is 2.48. The van der Waals surface area contributed by atoms with Crippen molar-refractivity contribution in [2.75, 3.05) is 7.11 Å². The van der Waals surface area contributed by atoms with Gasteiger partial charge in [-0.15, -0.1) is 0 Å². The van der Waals surface area contributed by atoms with E-state index < -0.39 is 0 Å². The van der Waals surface area contributed by atoms with Gasteiger partial charge in [-0.05, 0) is 37.5 Å². The molecule has 0 heterocycles. The van der Waals surface area contributed by atoms with E-state index in [-0.39, 0.29) is 5.75 Å². The molecular weight excluding hydrogens is 212 g/mol. The van der Waals surface area contributed by atoms with Gasteiger partial charge >= 0.3 is 0 Å². The fourth-order valence-corrected chi connectivity index (χ4v) is 1.93. The first-order valence-corrected chi connectivity index (χ1v) is 5.97. The van der Waals surface area contributed by atoms with Gasteiger partial charge < -0.3 is 9.84 Å². The average molecular weight is 234 g/mol. The summed E-state index contributed by atoms with van der Waals surface area (Å²) in [7, 11) is 1.57. The molecule has 0 aliphatic heterocycles. The number of hydrogen-bond acceptors (Lipinski definition) is 2. The molecule has 0 aromatic heterocycles. The molecule has 0 spiro atoms. The zero-order valence-corrected chi connectivity index (χ0v) is 11.3. The van der Waals surface area contributed by atoms with Crippen LogP contribution in [0.2, 0.25) is 0 Å². The Hall–Kier alpha value is -1.44. The van der Waals surface area contributed by atoms with Gasteiger partial charge in [0, 0.05) is 5.92 Å². The van der Waals surface area contributed by atoms with Crippen molar-refractivity contribution < 1.29 is 9.84 Å². The van der Waals surface area contributed by atoms with Crippen LogP contribution >= 0.6 is 0 Å². The highest BCUT2D eigenvalue weighted by Crippen LogP contribution is 2.33. The number of ether oxygens (including phenoxy) is 1. The van der Waals surface area contributed by atoms with Gasteiger partial charge in [-0.25, -0.2) is 0 Å². The minimum Gasteiger partial charge on any atom is -0.504 e.